The first kappa shape index (κ1) is 20.2. The molecule has 0 radical (unpaired) electrons. The van der Waals surface area contributed by atoms with Crippen LogP contribution in [0.15, 0.2) is 24.4 Å². The molecule has 5 rings (SSSR count). The molecule has 1 aliphatic rings. The van der Waals surface area contributed by atoms with Crippen LogP contribution in [0.25, 0.3) is 16.7 Å². The molecule has 0 saturated carbocycles. The van der Waals surface area contributed by atoms with Crippen LogP contribution in [0.3, 0.4) is 0 Å². The van der Waals surface area contributed by atoms with Crippen molar-refractivity contribution in [2.24, 2.45) is 0 Å². The molecule has 0 bridgehead atoms. The first-order chi connectivity index (χ1) is 15.5. The van der Waals surface area contributed by atoms with Crippen molar-refractivity contribution in [3.05, 3.63) is 52.7 Å². The number of nitrogens with one attached hydrogen (secondary N) is 2. The van der Waals surface area contributed by atoms with E-state index in [2.05, 4.69) is 31.4 Å². The van der Waals surface area contributed by atoms with E-state index in [0.29, 0.717) is 24.1 Å². The molecule has 4 heterocycles. The molecule has 2 N–H and O–H groups in total. The summed E-state index contributed by atoms with van der Waals surface area (Å²) in [5.74, 6) is 0.758. The zero-order valence-electron chi connectivity index (χ0n) is 18.0. The van der Waals surface area contributed by atoms with Crippen LogP contribution in [-0.2, 0) is 16.0 Å². The monoisotopic (exact) mass is 429 g/mol. The van der Waals surface area contributed by atoms with Gasteiger partial charge in [-0.1, -0.05) is 0 Å². The maximum absolute atomic E-state index is 12.6. The van der Waals surface area contributed by atoms with Gasteiger partial charge in [0, 0.05) is 30.1 Å². The molecule has 1 amide bonds. The Morgan fingerprint density at radius 1 is 1.38 bits per heavy atom. The van der Waals surface area contributed by atoms with Crippen molar-refractivity contribution in [3.63, 3.8) is 0 Å². The minimum atomic E-state index is -0.0831. The molecule has 1 fully saturated rings. The molecular formula is C23H23N7O2. The van der Waals surface area contributed by atoms with Gasteiger partial charge in [0.1, 0.15) is 23.6 Å². The Hall–Kier alpha value is -3.77. The number of aromatic amines is 1. The summed E-state index contributed by atoms with van der Waals surface area (Å²) in [7, 11) is 0. The van der Waals surface area contributed by atoms with Crippen LogP contribution in [0.4, 0.5) is 5.69 Å². The molecule has 32 heavy (non-hydrogen) atoms. The van der Waals surface area contributed by atoms with Gasteiger partial charge in [0.05, 0.1) is 17.2 Å². The first-order valence-electron chi connectivity index (χ1n) is 10.7. The van der Waals surface area contributed by atoms with Crippen molar-refractivity contribution in [1.82, 2.24) is 24.6 Å². The fourth-order valence-corrected chi connectivity index (χ4v) is 4.27. The third-order valence-corrected chi connectivity index (χ3v) is 5.95. The number of carbonyl (C=O) groups excluding carboxylic acids is 1. The van der Waals surface area contributed by atoms with Crippen molar-refractivity contribution in [2.45, 2.75) is 45.6 Å². The second kappa shape index (κ2) is 8.05. The summed E-state index contributed by atoms with van der Waals surface area (Å²) >= 11 is 0. The summed E-state index contributed by atoms with van der Waals surface area (Å²) in [6.45, 7) is 4.59. The number of imidazole rings is 1. The quantitative estimate of drug-likeness (QED) is 0.501. The summed E-state index contributed by atoms with van der Waals surface area (Å²) in [5.41, 5.74) is 6.10. The number of fused-ring (bicyclic) bond motifs is 2. The van der Waals surface area contributed by atoms with Gasteiger partial charge in [-0.2, -0.15) is 10.4 Å². The van der Waals surface area contributed by atoms with Crippen molar-refractivity contribution >= 4 is 28.3 Å². The normalized spacial score (nSPS) is 16.0. The molecule has 1 saturated heterocycles. The van der Waals surface area contributed by atoms with Gasteiger partial charge in [0.25, 0.3) is 0 Å². The highest BCUT2D eigenvalue weighted by Crippen LogP contribution is 2.28. The smallest absolute Gasteiger partial charge is 0.224 e. The van der Waals surface area contributed by atoms with E-state index in [9.17, 15) is 10.1 Å². The molecule has 9 heteroatoms. The summed E-state index contributed by atoms with van der Waals surface area (Å²) in [6.07, 6.45) is 4.40. The predicted molar refractivity (Wildman–Crippen MR) is 118 cm³/mol. The number of carbonyl (C=O) groups is 1. The van der Waals surface area contributed by atoms with Crippen molar-refractivity contribution in [3.8, 4) is 6.07 Å². The second-order valence-electron chi connectivity index (χ2n) is 8.07. The fourth-order valence-electron chi connectivity index (χ4n) is 4.27. The lowest BCUT2D eigenvalue weighted by Crippen LogP contribution is -2.14. The van der Waals surface area contributed by atoms with E-state index in [1.165, 1.54) is 6.20 Å². The number of aryl methyl sites for hydroxylation is 2. The molecule has 0 spiro atoms. The number of amides is 1. The zero-order chi connectivity index (χ0) is 22.2. The van der Waals surface area contributed by atoms with Crippen LogP contribution in [0.5, 0.6) is 0 Å². The topological polar surface area (TPSA) is 121 Å². The van der Waals surface area contributed by atoms with Gasteiger partial charge < -0.3 is 15.0 Å². The summed E-state index contributed by atoms with van der Waals surface area (Å²) < 4.78 is 7.36. The Bertz CT molecular complexity index is 1370. The largest absolute Gasteiger partial charge is 0.370 e. The highest BCUT2D eigenvalue weighted by molar-refractivity contribution is 5.93. The van der Waals surface area contributed by atoms with E-state index in [1.54, 1.807) is 4.52 Å². The molecular weight excluding hydrogens is 406 g/mol. The highest BCUT2D eigenvalue weighted by atomic mass is 16.5. The van der Waals surface area contributed by atoms with Crippen LogP contribution < -0.4 is 5.32 Å². The molecule has 162 valence electrons. The Kier molecular flexibility index (Phi) is 5.07. The molecule has 1 aliphatic heterocycles. The third-order valence-electron chi connectivity index (χ3n) is 5.95. The number of H-pyrrole nitrogens is 1. The van der Waals surface area contributed by atoms with Gasteiger partial charge in [0.2, 0.25) is 5.91 Å². The van der Waals surface area contributed by atoms with Crippen molar-refractivity contribution < 1.29 is 9.53 Å². The van der Waals surface area contributed by atoms with E-state index in [0.717, 1.165) is 58.9 Å². The van der Waals surface area contributed by atoms with Gasteiger partial charge >= 0.3 is 0 Å². The summed E-state index contributed by atoms with van der Waals surface area (Å²) in [4.78, 5) is 25.1. The van der Waals surface area contributed by atoms with Crippen LogP contribution in [0.1, 0.15) is 53.7 Å². The first-order valence-corrected chi connectivity index (χ1v) is 10.7. The Balaban J connectivity index is 1.29. The lowest BCUT2D eigenvalue weighted by atomic mass is 10.1. The number of aromatic nitrogens is 5. The second-order valence-corrected chi connectivity index (χ2v) is 8.07. The van der Waals surface area contributed by atoms with Gasteiger partial charge in [-0.15, -0.1) is 0 Å². The minimum absolute atomic E-state index is 0.0249. The highest BCUT2D eigenvalue weighted by Gasteiger charge is 2.21. The summed E-state index contributed by atoms with van der Waals surface area (Å²) in [5, 5.41) is 16.4. The van der Waals surface area contributed by atoms with Crippen LogP contribution in [0.2, 0.25) is 0 Å². The van der Waals surface area contributed by atoms with Crippen molar-refractivity contribution in [2.75, 3.05) is 11.9 Å². The molecule has 1 unspecified atom stereocenters. The number of nitriles is 1. The van der Waals surface area contributed by atoms with Crippen molar-refractivity contribution in [1.29, 1.82) is 5.26 Å². The maximum atomic E-state index is 12.6. The molecule has 9 nitrogen and oxygen atoms in total. The number of anilines is 1. The minimum Gasteiger partial charge on any atom is -0.370 e. The number of rotatable bonds is 5. The maximum Gasteiger partial charge on any atom is 0.224 e. The average Bonchev–Trinajstić information content (AvgIpc) is 3.52. The zero-order valence-corrected chi connectivity index (χ0v) is 18.0. The molecule has 1 aromatic carbocycles. The lowest BCUT2D eigenvalue weighted by Gasteiger charge is -2.11. The van der Waals surface area contributed by atoms with Gasteiger partial charge in [-0.05, 0) is 56.9 Å². The predicted octanol–water partition coefficient (Wildman–Crippen LogP) is 3.52. The molecule has 4 aromatic rings. The van der Waals surface area contributed by atoms with Crippen LogP contribution in [-0.4, -0.2) is 37.1 Å². The molecule has 3 aromatic heterocycles. The fraction of sp³-hybridized carbons (Fsp3) is 0.348. The van der Waals surface area contributed by atoms with E-state index in [4.69, 9.17) is 4.74 Å². The van der Waals surface area contributed by atoms with Gasteiger partial charge in [0.15, 0.2) is 5.65 Å². The van der Waals surface area contributed by atoms with Crippen LogP contribution in [0, 0.1) is 25.2 Å². The number of hydrogen-bond donors (Lipinski definition) is 2. The lowest BCUT2D eigenvalue weighted by molar-refractivity contribution is -0.116. The Labute approximate surface area is 184 Å². The van der Waals surface area contributed by atoms with Gasteiger partial charge in [-0.25, -0.2) is 14.5 Å². The van der Waals surface area contributed by atoms with E-state index in [-0.39, 0.29) is 12.0 Å². The number of ether oxygens (including phenoxy) is 1. The standard InChI is InChI=1S/C23H23N7O2/c1-13-17(14(2)30-23(26-13)15(11-24)12-25-30)6-8-21(31)27-16-5-7-18-19(10-16)29-22(28-18)20-4-3-9-32-20/h5,7,10,12,20H,3-4,6,8-9H2,1-2H3,(H,27,31)(H,28,29). The molecule has 0 aliphatic carbocycles. The van der Waals surface area contributed by atoms with Crippen LogP contribution >= 0.6 is 0 Å². The number of benzene rings is 1. The number of hydrogen-bond acceptors (Lipinski definition) is 6. The SMILES string of the molecule is Cc1nc2c(C#N)cnn2c(C)c1CCC(=O)Nc1ccc2nc(C3CCCO3)[nH]c2c1. The van der Waals surface area contributed by atoms with E-state index >= 15 is 0 Å². The third kappa shape index (κ3) is 3.59. The number of nitrogens with zero attached hydrogens (tertiary/aromatic N) is 5. The Morgan fingerprint density at radius 2 is 2.25 bits per heavy atom. The molecule has 1 atom stereocenters. The van der Waals surface area contributed by atoms with Gasteiger partial charge in [-0.3, -0.25) is 4.79 Å². The van der Waals surface area contributed by atoms with E-state index < -0.39 is 0 Å². The summed E-state index contributed by atoms with van der Waals surface area (Å²) in [6, 6.07) is 7.76. The van der Waals surface area contributed by atoms with E-state index in [1.807, 2.05) is 32.0 Å². The Morgan fingerprint density at radius 3 is 3.03 bits per heavy atom. The average molecular weight is 429 g/mol.